The lowest BCUT2D eigenvalue weighted by molar-refractivity contribution is -0.189. The van der Waals surface area contributed by atoms with Gasteiger partial charge in [0.05, 0.1) is 5.69 Å². The minimum atomic E-state index is -4.49. The normalized spacial score (nSPS) is 13.4. The maximum absolute atomic E-state index is 12.1. The zero-order valence-electron chi connectivity index (χ0n) is 7.71. The van der Waals surface area contributed by atoms with E-state index in [0.29, 0.717) is 0 Å². The number of pyridine rings is 1. The number of aromatic nitrogens is 1. The summed E-state index contributed by atoms with van der Waals surface area (Å²) < 4.78 is 40.9. The molecule has 0 saturated carbocycles. The first kappa shape index (κ1) is 11.6. The second-order valence-electron chi connectivity index (χ2n) is 2.76. The molecule has 1 atom stereocenters. The Morgan fingerprint density at radius 3 is 2.73 bits per heavy atom. The summed E-state index contributed by atoms with van der Waals surface area (Å²) >= 11 is 0. The predicted octanol–water partition coefficient (Wildman–Crippen LogP) is 2.32. The zero-order chi connectivity index (χ0) is 11.5. The first-order valence-corrected chi connectivity index (χ1v) is 4.01. The van der Waals surface area contributed by atoms with E-state index in [4.69, 9.17) is 0 Å². The SMILES string of the molecule is CC(Oc1ncccc1N[O-])C(F)(F)F. The summed E-state index contributed by atoms with van der Waals surface area (Å²) in [5.74, 6) is -0.364. The zero-order valence-corrected chi connectivity index (χ0v) is 7.71. The van der Waals surface area contributed by atoms with E-state index in [1.165, 1.54) is 23.8 Å². The van der Waals surface area contributed by atoms with Crippen LogP contribution in [0.15, 0.2) is 18.3 Å². The third-order valence-electron chi connectivity index (χ3n) is 1.63. The van der Waals surface area contributed by atoms with E-state index in [1.807, 2.05) is 0 Å². The van der Waals surface area contributed by atoms with Crippen LogP contribution in [0.3, 0.4) is 0 Å². The van der Waals surface area contributed by atoms with Crippen molar-refractivity contribution in [1.82, 2.24) is 4.98 Å². The summed E-state index contributed by atoms with van der Waals surface area (Å²) in [6.07, 6.45) is -5.27. The fraction of sp³-hybridized carbons (Fsp3) is 0.375. The van der Waals surface area contributed by atoms with Crippen LogP contribution in [0, 0.1) is 5.21 Å². The Kier molecular flexibility index (Phi) is 3.35. The van der Waals surface area contributed by atoms with Crippen LogP contribution in [0.1, 0.15) is 6.92 Å². The third-order valence-corrected chi connectivity index (χ3v) is 1.63. The molecule has 1 aromatic heterocycles. The molecule has 1 aromatic rings. The number of ether oxygens (including phenoxy) is 1. The minimum absolute atomic E-state index is 0.131. The first-order chi connectivity index (χ1) is 6.95. The van der Waals surface area contributed by atoms with Crippen molar-refractivity contribution >= 4 is 5.69 Å². The number of rotatable bonds is 3. The summed E-state index contributed by atoms with van der Waals surface area (Å²) in [5, 5.41) is 10.3. The van der Waals surface area contributed by atoms with Crippen molar-refractivity contribution in [3.63, 3.8) is 0 Å². The second kappa shape index (κ2) is 4.35. The lowest BCUT2D eigenvalue weighted by Crippen LogP contribution is -2.31. The second-order valence-corrected chi connectivity index (χ2v) is 2.76. The Morgan fingerprint density at radius 1 is 1.53 bits per heavy atom. The number of hydrogen-bond donors (Lipinski definition) is 1. The van der Waals surface area contributed by atoms with Gasteiger partial charge in [-0.15, -0.1) is 0 Å². The fourth-order valence-corrected chi connectivity index (χ4v) is 0.797. The van der Waals surface area contributed by atoms with Gasteiger partial charge in [0.1, 0.15) is 0 Å². The van der Waals surface area contributed by atoms with Gasteiger partial charge in [0.25, 0.3) is 0 Å². The molecule has 0 bridgehead atoms. The van der Waals surface area contributed by atoms with E-state index in [-0.39, 0.29) is 11.6 Å². The van der Waals surface area contributed by atoms with Gasteiger partial charge in [0, 0.05) is 6.20 Å². The monoisotopic (exact) mass is 221 g/mol. The molecular weight excluding hydrogens is 213 g/mol. The van der Waals surface area contributed by atoms with Crippen molar-refractivity contribution in [1.29, 1.82) is 0 Å². The number of nitrogens with one attached hydrogen (secondary N) is 1. The summed E-state index contributed by atoms with van der Waals surface area (Å²) in [6, 6.07) is 2.68. The molecular formula is C8H8F3N2O2-. The van der Waals surface area contributed by atoms with Gasteiger partial charge in [0.15, 0.2) is 6.10 Å². The Morgan fingerprint density at radius 2 is 2.20 bits per heavy atom. The van der Waals surface area contributed by atoms with Crippen molar-refractivity contribution in [2.24, 2.45) is 0 Å². The molecule has 0 aliphatic rings. The van der Waals surface area contributed by atoms with Crippen LogP contribution in [0.25, 0.3) is 0 Å². The topological polar surface area (TPSA) is 57.2 Å². The van der Waals surface area contributed by atoms with E-state index in [9.17, 15) is 18.4 Å². The van der Waals surface area contributed by atoms with E-state index < -0.39 is 12.3 Å². The number of alkyl halides is 3. The van der Waals surface area contributed by atoms with Crippen LogP contribution in [-0.4, -0.2) is 17.3 Å². The molecule has 0 saturated heterocycles. The van der Waals surface area contributed by atoms with Gasteiger partial charge in [-0.3, -0.25) is 0 Å². The van der Waals surface area contributed by atoms with Gasteiger partial charge >= 0.3 is 6.18 Å². The molecule has 0 aromatic carbocycles. The van der Waals surface area contributed by atoms with Crippen molar-refractivity contribution < 1.29 is 17.9 Å². The number of halogens is 3. The Balaban J connectivity index is 2.80. The molecule has 0 radical (unpaired) electrons. The molecule has 84 valence electrons. The summed E-state index contributed by atoms with van der Waals surface area (Å²) in [7, 11) is 0. The van der Waals surface area contributed by atoms with Crippen molar-refractivity contribution in [3.8, 4) is 5.88 Å². The van der Waals surface area contributed by atoms with E-state index in [2.05, 4.69) is 9.72 Å². The Hall–Kier alpha value is -1.50. The van der Waals surface area contributed by atoms with Gasteiger partial charge in [-0.05, 0) is 19.1 Å². The molecule has 0 fully saturated rings. The summed E-state index contributed by atoms with van der Waals surface area (Å²) in [6.45, 7) is 0.837. The van der Waals surface area contributed by atoms with Crippen LogP contribution < -0.4 is 10.2 Å². The van der Waals surface area contributed by atoms with E-state index >= 15 is 0 Å². The average molecular weight is 221 g/mol. The van der Waals surface area contributed by atoms with Gasteiger partial charge in [0.2, 0.25) is 5.88 Å². The van der Waals surface area contributed by atoms with Crippen LogP contribution in [0.2, 0.25) is 0 Å². The maximum Gasteiger partial charge on any atom is 0.425 e. The minimum Gasteiger partial charge on any atom is -0.761 e. The highest BCUT2D eigenvalue weighted by atomic mass is 19.4. The first-order valence-electron chi connectivity index (χ1n) is 4.01. The molecule has 1 unspecified atom stereocenters. The van der Waals surface area contributed by atoms with Gasteiger partial charge in [-0.25, -0.2) is 4.98 Å². The fourth-order valence-electron chi connectivity index (χ4n) is 0.797. The predicted molar refractivity (Wildman–Crippen MR) is 47.4 cm³/mol. The van der Waals surface area contributed by atoms with Gasteiger partial charge in [-0.2, -0.15) is 13.2 Å². The molecule has 4 nitrogen and oxygen atoms in total. The standard InChI is InChI=1S/C8H8F3N2O2/c1-5(8(9,10)11)15-7-6(13-14)3-2-4-12-7/h2-5,13H,1H3/q-1. The highest BCUT2D eigenvalue weighted by Crippen LogP contribution is 2.27. The van der Waals surface area contributed by atoms with Crippen LogP contribution in [0.5, 0.6) is 5.88 Å². The lowest BCUT2D eigenvalue weighted by Gasteiger charge is -2.20. The molecule has 1 N–H and O–H groups in total. The van der Waals surface area contributed by atoms with E-state index in [1.54, 1.807) is 0 Å². The number of hydrogen-bond acceptors (Lipinski definition) is 4. The quantitative estimate of drug-likeness (QED) is 0.795. The summed E-state index contributed by atoms with van der Waals surface area (Å²) in [5.41, 5.74) is 1.32. The summed E-state index contributed by atoms with van der Waals surface area (Å²) in [4.78, 5) is 3.52. The lowest BCUT2D eigenvalue weighted by atomic mass is 10.4. The van der Waals surface area contributed by atoms with Crippen LogP contribution in [-0.2, 0) is 0 Å². The highest BCUT2D eigenvalue weighted by molar-refractivity contribution is 5.52. The molecule has 0 spiro atoms. The van der Waals surface area contributed by atoms with Crippen molar-refractivity contribution in [2.45, 2.75) is 19.2 Å². The smallest absolute Gasteiger partial charge is 0.425 e. The van der Waals surface area contributed by atoms with Crippen LogP contribution in [0.4, 0.5) is 18.9 Å². The Labute approximate surface area is 83.7 Å². The molecule has 1 rings (SSSR count). The molecule has 15 heavy (non-hydrogen) atoms. The Bertz CT molecular complexity index is 330. The van der Waals surface area contributed by atoms with Gasteiger partial charge in [-0.1, -0.05) is 0 Å². The average Bonchev–Trinajstić information content (AvgIpc) is 2.17. The van der Waals surface area contributed by atoms with Gasteiger partial charge < -0.3 is 15.4 Å². The van der Waals surface area contributed by atoms with Crippen LogP contribution >= 0.6 is 0 Å². The molecule has 0 aliphatic heterocycles. The molecule has 7 heteroatoms. The van der Waals surface area contributed by atoms with Crippen molar-refractivity contribution in [2.75, 3.05) is 5.48 Å². The number of anilines is 1. The van der Waals surface area contributed by atoms with E-state index in [0.717, 1.165) is 6.92 Å². The largest absolute Gasteiger partial charge is 0.761 e. The maximum atomic E-state index is 12.1. The molecule has 0 aliphatic carbocycles. The molecule has 0 amide bonds. The third kappa shape index (κ3) is 2.98. The number of nitrogens with zero attached hydrogens (tertiary/aromatic N) is 1. The highest BCUT2D eigenvalue weighted by Gasteiger charge is 2.38. The molecule has 1 heterocycles. The van der Waals surface area contributed by atoms with Crippen molar-refractivity contribution in [3.05, 3.63) is 23.5 Å².